The molecule has 0 aromatic heterocycles. The summed E-state index contributed by atoms with van der Waals surface area (Å²) in [5, 5.41) is 0. The molecule has 0 saturated heterocycles. The normalized spacial score (nSPS) is 11.5. The minimum atomic E-state index is -2.73. The van der Waals surface area contributed by atoms with Gasteiger partial charge in [-0.15, -0.1) is 0 Å². The van der Waals surface area contributed by atoms with Crippen LogP contribution in [0.25, 0.3) is 6.08 Å². The summed E-state index contributed by atoms with van der Waals surface area (Å²) in [6.07, 6.45) is 0.307. The van der Waals surface area contributed by atoms with Crippen molar-refractivity contribution in [1.29, 1.82) is 0 Å². The lowest BCUT2D eigenvalue weighted by atomic mass is 10.2. The maximum atomic E-state index is 15.8. The van der Waals surface area contributed by atoms with Gasteiger partial charge in [0.1, 0.15) is 0 Å². The lowest BCUT2D eigenvalue weighted by molar-refractivity contribution is 0.360. The molecule has 0 aliphatic rings. The third kappa shape index (κ3) is 5.56. The molecular formula is C26H3F17S3. The Bertz CT molecular complexity index is 1790. The van der Waals surface area contributed by atoms with E-state index in [2.05, 4.69) is 6.58 Å². The monoisotopic (exact) mass is 734 g/mol. The maximum absolute atomic E-state index is 15.8. The second-order valence-corrected chi connectivity index (χ2v) is 11.3. The number of hydrogen-bond acceptors (Lipinski definition) is 3. The fourth-order valence-electron chi connectivity index (χ4n) is 3.45. The lowest BCUT2D eigenvalue weighted by Gasteiger charge is -2.19. The molecule has 0 amide bonds. The van der Waals surface area contributed by atoms with Crippen LogP contribution in [-0.2, 0) is 0 Å². The van der Waals surface area contributed by atoms with Crippen LogP contribution in [0.2, 0.25) is 0 Å². The third-order valence-electron chi connectivity index (χ3n) is 5.61. The van der Waals surface area contributed by atoms with E-state index in [-0.39, 0.29) is 0 Å². The van der Waals surface area contributed by atoms with Gasteiger partial charge in [-0.25, -0.2) is 74.6 Å². The van der Waals surface area contributed by atoms with Gasteiger partial charge in [-0.3, -0.25) is 0 Å². The van der Waals surface area contributed by atoms with Gasteiger partial charge < -0.3 is 0 Å². The number of rotatable bonds is 7. The van der Waals surface area contributed by atoms with Gasteiger partial charge in [0.2, 0.25) is 17.5 Å². The first-order valence-electron chi connectivity index (χ1n) is 11.1. The van der Waals surface area contributed by atoms with Crippen LogP contribution in [-0.4, -0.2) is 0 Å². The van der Waals surface area contributed by atoms with Gasteiger partial charge in [0.15, 0.2) is 81.4 Å². The van der Waals surface area contributed by atoms with E-state index in [1.54, 1.807) is 0 Å². The van der Waals surface area contributed by atoms with E-state index in [0.717, 1.165) is 0 Å². The van der Waals surface area contributed by atoms with E-state index in [0.29, 0.717) is 6.08 Å². The zero-order chi connectivity index (χ0) is 34.7. The highest BCUT2D eigenvalue weighted by atomic mass is 32.2. The maximum Gasteiger partial charge on any atom is 0.200 e. The molecule has 0 nitrogen and oxygen atoms in total. The zero-order valence-electron chi connectivity index (χ0n) is 20.9. The molecule has 46 heavy (non-hydrogen) atoms. The molecule has 0 heterocycles. The van der Waals surface area contributed by atoms with E-state index >= 15 is 8.78 Å². The molecule has 0 N–H and O–H groups in total. The Kier molecular flexibility index (Phi) is 9.94. The van der Waals surface area contributed by atoms with Crippen LogP contribution in [0.5, 0.6) is 0 Å². The topological polar surface area (TPSA) is 0 Å². The summed E-state index contributed by atoms with van der Waals surface area (Å²) < 4.78 is 242. The number of halogens is 17. The SMILES string of the molecule is C=Cc1c(Sc2c(F)c(F)c(F)c(F)c2F)c(F)c(Sc2c(F)c(F)c(F)c(F)c2F)c(F)c1Sc1c(F)c(F)c(F)c(F)c1F. The van der Waals surface area contributed by atoms with Gasteiger partial charge in [0.25, 0.3) is 0 Å². The first-order chi connectivity index (χ1) is 21.4. The van der Waals surface area contributed by atoms with Crippen LogP contribution in [0.1, 0.15) is 5.56 Å². The largest absolute Gasteiger partial charge is 0.204 e. The standard InChI is InChI=1S/C26H3F17S3/c1-2-3-21(44-23-13(36)7(30)4(27)8(31)14(23)37)19(42)26(46-25-17(40)11(34)6(29)12(35)18(25)41)20(43)22(3)45-24-15(38)9(32)5(28)10(33)16(24)39/h2H,1H2. The Hall–Kier alpha value is -3.52. The van der Waals surface area contributed by atoms with E-state index in [4.69, 9.17) is 0 Å². The Morgan fingerprint density at radius 2 is 0.435 bits per heavy atom. The summed E-state index contributed by atoms with van der Waals surface area (Å²) >= 11 is -2.52. The highest BCUT2D eigenvalue weighted by molar-refractivity contribution is 8.01. The number of hydrogen-bond donors (Lipinski definition) is 0. The predicted octanol–water partition coefficient (Wildman–Crippen LogP) is 11.1. The fourth-order valence-corrected chi connectivity index (χ4v) is 6.68. The average molecular weight is 734 g/mol. The van der Waals surface area contributed by atoms with Gasteiger partial charge in [-0.1, -0.05) is 47.9 Å². The molecule has 4 rings (SSSR count). The van der Waals surface area contributed by atoms with Gasteiger partial charge >= 0.3 is 0 Å². The van der Waals surface area contributed by atoms with E-state index < -0.39 is 169 Å². The van der Waals surface area contributed by atoms with E-state index in [1.165, 1.54) is 0 Å². The molecule has 4 aromatic rings. The minimum absolute atomic E-state index is 0.307. The summed E-state index contributed by atoms with van der Waals surface area (Å²) in [7, 11) is 0. The Morgan fingerprint density at radius 3 is 0.652 bits per heavy atom. The molecule has 0 bridgehead atoms. The molecule has 0 saturated carbocycles. The molecule has 0 aliphatic heterocycles. The third-order valence-corrected chi connectivity index (χ3v) is 9.07. The van der Waals surface area contributed by atoms with Crippen LogP contribution < -0.4 is 0 Å². The lowest BCUT2D eigenvalue weighted by Crippen LogP contribution is -2.07. The van der Waals surface area contributed by atoms with Gasteiger partial charge in [-0.2, -0.15) is 0 Å². The Labute approximate surface area is 256 Å². The van der Waals surface area contributed by atoms with Crippen molar-refractivity contribution in [3.63, 3.8) is 0 Å². The van der Waals surface area contributed by atoms with Crippen LogP contribution >= 0.6 is 35.3 Å². The minimum Gasteiger partial charge on any atom is -0.204 e. The summed E-state index contributed by atoms with van der Waals surface area (Å²) in [5.41, 5.74) is -1.24. The first-order valence-corrected chi connectivity index (χ1v) is 13.6. The highest BCUT2D eigenvalue weighted by Crippen LogP contribution is 2.50. The summed E-state index contributed by atoms with van der Waals surface area (Å²) in [6.45, 7) is 3.06. The second-order valence-electron chi connectivity index (χ2n) is 8.24. The molecule has 0 spiro atoms. The van der Waals surface area contributed by atoms with Crippen molar-refractivity contribution in [3.8, 4) is 0 Å². The van der Waals surface area contributed by atoms with E-state index in [1.807, 2.05) is 0 Å². The molecule has 0 radical (unpaired) electrons. The Morgan fingerprint density at radius 1 is 0.261 bits per heavy atom. The van der Waals surface area contributed by atoms with Crippen LogP contribution in [0, 0.1) is 98.9 Å². The highest BCUT2D eigenvalue weighted by Gasteiger charge is 2.35. The average Bonchev–Trinajstić information content (AvgIpc) is 3.04. The summed E-state index contributed by atoms with van der Waals surface area (Å²) in [6, 6.07) is 0. The van der Waals surface area contributed by atoms with Gasteiger partial charge in [0, 0.05) is 5.56 Å². The second kappa shape index (κ2) is 12.9. The molecule has 0 aliphatic carbocycles. The van der Waals surface area contributed by atoms with Crippen molar-refractivity contribution in [2.75, 3.05) is 0 Å². The van der Waals surface area contributed by atoms with Crippen LogP contribution in [0.4, 0.5) is 74.6 Å². The first kappa shape index (κ1) is 35.3. The smallest absolute Gasteiger partial charge is 0.200 e. The molecule has 0 fully saturated rings. The molecular weight excluding hydrogens is 731 g/mol. The van der Waals surface area contributed by atoms with Gasteiger partial charge in [-0.05, 0) is 0 Å². The van der Waals surface area contributed by atoms with Crippen molar-refractivity contribution in [2.45, 2.75) is 29.4 Å². The molecule has 0 unspecified atom stereocenters. The van der Waals surface area contributed by atoms with E-state index in [9.17, 15) is 65.9 Å². The molecule has 20 heteroatoms. The van der Waals surface area contributed by atoms with Crippen LogP contribution in [0.15, 0.2) is 36.0 Å². The van der Waals surface area contributed by atoms with Crippen molar-refractivity contribution in [2.24, 2.45) is 0 Å². The number of benzene rings is 4. The van der Waals surface area contributed by atoms with Gasteiger partial charge in [0.05, 0.1) is 29.4 Å². The quantitative estimate of drug-likeness (QED) is 0.105. The van der Waals surface area contributed by atoms with Crippen molar-refractivity contribution in [1.82, 2.24) is 0 Å². The van der Waals surface area contributed by atoms with Crippen molar-refractivity contribution >= 4 is 41.4 Å². The molecule has 244 valence electrons. The summed E-state index contributed by atoms with van der Waals surface area (Å²) in [5.74, 6) is -44.3. The van der Waals surface area contributed by atoms with Crippen molar-refractivity contribution < 1.29 is 74.6 Å². The summed E-state index contributed by atoms with van der Waals surface area (Å²) in [4.78, 5) is -10.9. The van der Waals surface area contributed by atoms with Crippen molar-refractivity contribution in [3.05, 3.63) is 111 Å². The predicted molar refractivity (Wildman–Crippen MR) is 128 cm³/mol. The molecule has 4 aromatic carbocycles. The Balaban J connectivity index is 2.11. The zero-order valence-corrected chi connectivity index (χ0v) is 23.4. The fraction of sp³-hybridized carbons (Fsp3) is 0. The molecule has 0 atom stereocenters. The van der Waals surface area contributed by atoms with Crippen LogP contribution in [0.3, 0.4) is 0 Å².